The van der Waals surface area contributed by atoms with E-state index in [0.29, 0.717) is 6.42 Å². The minimum Gasteiger partial charge on any atom is -0.388 e. The Hall–Kier alpha value is -2.98. The van der Waals surface area contributed by atoms with Crippen LogP contribution in [0.5, 0.6) is 0 Å². The minimum absolute atomic E-state index is 0.00174. The van der Waals surface area contributed by atoms with Gasteiger partial charge in [0.05, 0.1) is 17.2 Å². The molecule has 0 fully saturated rings. The Morgan fingerprint density at radius 1 is 1.31 bits per heavy atom. The fourth-order valence-corrected chi connectivity index (χ4v) is 3.81. The van der Waals surface area contributed by atoms with E-state index in [0.717, 1.165) is 23.5 Å². The maximum Gasteiger partial charge on any atom is 0.251 e. The number of nitrogens with two attached hydrogens (primary N) is 1. The van der Waals surface area contributed by atoms with Crippen molar-refractivity contribution in [3.8, 4) is 10.4 Å². The van der Waals surface area contributed by atoms with Crippen LogP contribution in [0.15, 0.2) is 30.5 Å². The summed E-state index contributed by atoms with van der Waals surface area (Å²) in [6.45, 7) is 0.812. The highest BCUT2D eigenvalue weighted by molar-refractivity contribution is 7.20. The maximum atomic E-state index is 14.6. The molecule has 2 heterocycles. The van der Waals surface area contributed by atoms with Crippen LogP contribution in [0, 0.1) is 11.6 Å². The average Bonchev–Trinajstić information content (AvgIpc) is 3.10. The Balaban J connectivity index is 2.04. The molecular formula is C19H17F3N4O2S. The van der Waals surface area contributed by atoms with E-state index < -0.39 is 30.3 Å². The van der Waals surface area contributed by atoms with Crippen LogP contribution in [0.25, 0.3) is 10.4 Å². The van der Waals surface area contributed by atoms with Crippen LogP contribution in [-0.4, -0.2) is 21.0 Å². The molecule has 0 aliphatic heterocycles. The van der Waals surface area contributed by atoms with Gasteiger partial charge in [0.1, 0.15) is 29.1 Å². The van der Waals surface area contributed by atoms with Crippen molar-refractivity contribution in [1.29, 1.82) is 0 Å². The molecule has 2 aromatic heterocycles. The van der Waals surface area contributed by atoms with Crippen LogP contribution in [0.2, 0.25) is 0 Å². The lowest BCUT2D eigenvalue weighted by Gasteiger charge is -2.11. The molecule has 0 aliphatic rings. The van der Waals surface area contributed by atoms with E-state index >= 15 is 0 Å². The second-order valence-corrected chi connectivity index (χ2v) is 7.17. The predicted octanol–water partition coefficient (Wildman–Crippen LogP) is 4.24. The molecule has 0 spiro atoms. The number of carbonyl (C=O) groups excluding carboxylic acids is 1. The summed E-state index contributed by atoms with van der Waals surface area (Å²) < 4.78 is 42.0. The number of alkyl halides is 1. The van der Waals surface area contributed by atoms with E-state index in [4.69, 9.17) is 5.73 Å². The molecule has 1 aromatic carbocycles. The summed E-state index contributed by atoms with van der Waals surface area (Å²) in [5, 5.41) is 12.8. The molecule has 1 atom stereocenters. The Kier molecular flexibility index (Phi) is 6.14. The topological polar surface area (TPSA) is 101 Å². The molecule has 29 heavy (non-hydrogen) atoms. The van der Waals surface area contributed by atoms with E-state index in [2.05, 4.69) is 15.3 Å². The first kappa shape index (κ1) is 20.7. The highest BCUT2D eigenvalue weighted by Gasteiger charge is 2.22. The van der Waals surface area contributed by atoms with Crippen molar-refractivity contribution in [2.75, 3.05) is 5.32 Å². The third-order valence-electron chi connectivity index (χ3n) is 4.15. The number of anilines is 2. The number of nitrogens with zero attached hydrogens (tertiary/aromatic N) is 2. The predicted molar refractivity (Wildman–Crippen MR) is 104 cm³/mol. The Morgan fingerprint density at radius 3 is 2.59 bits per heavy atom. The summed E-state index contributed by atoms with van der Waals surface area (Å²) in [4.78, 5) is 19.6. The van der Waals surface area contributed by atoms with Gasteiger partial charge in [0.15, 0.2) is 5.82 Å². The summed E-state index contributed by atoms with van der Waals surface area (Å²) in [6.07, 6.45) is 0.647. The van der Waals surface area contributed by atoms with Crippen LogP contribution >= 0.6 is 11.3 Å². The summed E-state index contributed by atoms with van der Waals surface area (Å²) in [6, 6.07) is 4.83. The number of hydrogen-bond acceptors (Lipinski definition) is 6. The zero-order valence-electron chi connectivity index (χ0n) is 15.2. The number of aromatic nitrogens is 2. The summed E-state index contributed by atoms with van der Waals surface area (Å²) >= 11 is 0.889. The summed E-state index contributed by atoms with van der Waals surface area (Å²) in [7, 11) is 0. The third-order valence-corrected chi connectivity index (χ3v) is 5.21. The normalized spacial score (nSPS) is 12.0. The van der Waals surface area contributed by atoms with Gasteiger partial charge in [-0.2, -0.15) is 0 Å². The quantitative estimate of drug-likeness (QED) is 0.529. The van der Waals surface area contributed by atoms with Gasteiger partial charge in [-0.05, 0) is 36.2 Å². The largest absolute Gasteiger partial charge is 0.388 e. The van der Waals surface area contributed by atoms with E-state index in [1.807, 2.05) is 0 Å². The molecule has 152 valence electrons. The van der Waals surface area contributed by atoms with Crippen LogP contribution < -0.4 is 11.1 Å². The van der Waals surface area contributed by atoms with Crippen LogP contribution in [0.3, 0.4) is 0 Å². The number of rotatable bonds is 7. The third kappa shape index (κ3) is 4.38. The fourth-order valence-electron chi connectivity index (χ4n) is 2.70. The molecule has 0 saturated carbocycles. The molecule has 4 N–H and O–H groups in total. The standard InChI is InChI=1S/C19H17F3N4O2S/c1-2-13(27)9-5-11(21)17(12(22)6-9)14-7-10(18(23)28)19(29-14)26-15-3-4-24-16(8-20)25-15/h3-7,13,27H,2,8H2,1H3,(H2,23,28)(H,24,25,26). The first-order valence-electron chi connectivity index (χ1n) is 8.60. The molecule has 1 amide bonds. The van der Waals surface area contributed by atoms with Crippen molar-refractivity contribution in [3.05, 3.63) is 59.0 Å². The number of hydrogen-bond donors (Lipinski definition) is 3. The molecule has 3 rings (SSSR count). The number of aliphatic hydroxyl groups is 1. The van der Waals surface area contributed by atoms with Gasteiger partial charge in [-0.15, -0.1) is 11.3 Å². The van der Waals surface area contributed by atoms with Gasteiger partial charge in [0, 0.05) is 11.1 Å². The van der Waals surface area contributed by atoms with Gasteiger partial charge in [0.2, 0.25) is 0 Å². The lowest BCUT2D eigenvalue weighted by molar-refractivity contribution is 0.100. The first-order valence-corrected chi connectivity index (χ1v) is 9.41. The second kappa shape index (κ2) is 8.58. The van der Waals surface area contributed by atoms with Gasteiger partial charge in [-0.1, -0.05) is 6.92 Å². The van der Waals surface area contributed by atoms with Gasteiger partial charge < -0.3 is 16.2 Å². The van der Waals surface area contributed by atoms with E-state index in [1.165, 1.54) is 18.3 Å². The number of halogens is 3. The van der Waals surface area contributed by atoms with Gasteiger partial charge in [-0.25, -0.2) is 23.1 Å². The SMILES string of the molecule is CCC(O)c1cc(F)c(-c2cc(C(N)=O)c(Nc3ccnc(CF)n3)s2)c(F)c1. The number of nitrogens with one attached hydrogen (secondary N) is 1. The van der Waals surface area contributed by atoms with E-state index in [9.17, 15) is 23.1 Å². The van der Waals surface area contributed by atoms with Gasteiger partial charge in [0.25, 0.3) is 5.91 Å². The molecule has 0 bridgehead atoms. The first-order chi connectivity index (χ1) is 13.8. The average molecular weight is 422 g/mol. The van der Waals surface area contributed by atoms with Crippen LogP contribution in [0.1, 0.15) is 41.2 Å². The molecular weight excluding hydrogens is 405 g/mol. The lowest BCUT2D eigenvalue weighted by atomic mass is 10.0. The molecule has 0 saturated heterocycles. The van der Waals surface area contributed by atoms with Crippen molar-refractivity contribution in [2.45, 2.75) is 26.1 Å². The lowest BCUT2D eigenvalue weighted by Crippen LogP contribution is -2.11. The Labute approximate surface area is 168 Å². The van der Waals surface area contributed by atoms with Crippen molar-refractivity contribution in [3.63, 3.8) is 0 Å². The molecule has 1 unspecified atom stereocenters. The maximum absolute atomic E-state index is 14.6. The number of benzene rings is 1. The van der Waals surface area contributed by atoms with E-state index in [-0.39, 0.29) is 38.2 Å². The number of primary amides is 1. The molecule has 0 aliphatic carbocycles. The smallest absolute Gasteiger partial charge is 0.251 e. The van der Waals surface area contributed by atoms with Crippen molar-refractivity contribution >= 4 is 28.1 Å². The highest BCUT2D eigenvalue weighted by Crippen LogP contribution is 2.39. The molecule has 0 radical (unpaired) electrons. The number of carbonyl (C=O) groups is 1. The van der Waals surface area contributed by atoms with Crippen LogP contribution in [0.4, 0.5) is 24.0 Å². The number of thiophene rings is 1. The zero-order chi connectivity index (χ0) is 21.1. The van der Waals surface area contributed by atoms with Gasteiger partial charge in [-0.3, -0.25) is 4.79 Å². The summed E-state index contributed by atoms with van der Waals surface area (Å²) in [5.41, 5.74) is 5.17. The summed E-state index contributed by atoms with van der Waals surface area (Å²) in [5.74, 6) is -2.43. The number of aliphatic hydroxyl groups excluding tert-OH is 1. The Morgan fingerprint density at radius 2 is 2.00 bits per heavy atom. The Bertz CT molecular complexity index is 1030. The molecule has 3 aromatic rings. The monoisotopic (exact) mass is 422 g/mol. The fraction of sp³-hybridized carbons (Fsp3) is 0.211. The molecule has 6 nitrogen and oxygen atoms in total. The van der Waals surface area contributed by atoms with Crippen LogP contribution in [-0.2, 0) is 6.67 Å². The second-order valence-electron chi connectivity index (χ2n) is 6.12. The number of amides is 1. The zero-order valence-corrected chi connectivity index (χ0v) is 16.1. The van der Waals surface area contributed by atoms with Crippen molar-refractivity contribution in [2.24, 2.45) is 5.73 Å². The minimum atomic E-state index is -0.989. The van der Waals surface area contributed by atoms with Crippen molar-refractivity contribution in [1.82, 2.24) is 9.97 Å². The highest BCUT2D eigenvalue weighted by atomic mass is 32.1. The van der Waals surface area contributed by atoms with E-state index in [1.54, 1.807) is 6.92 Å². The van der Waals surface area contributed by atoms with Crippen molar-refractivity contribution < 1.29 is 23.1 Å². The molecule has 10 heteroatoms. The van der Waals surface area contributed by atoms with Gasteiger partial charge >= 0.3 is 0 Å².